The molecule has 0 aromatic heterocycles. The molecule has 0 fully saturated rings. The van der Waals surface area contributed by atoms with Crippen molar-refractivity contribution < 1.29 is 19.1 Å². The zero-order chi connectivity index (χ0) is 29.2. The van der Waals surface area contributed by atoms with Crippen LogP contribution in [0.25, 0.3) is 0 Å². The minimum Gasteiger partial charge on any atom is -0.339 e. The van der Waals surface area contributed by atoms with Crippen LogP contribution in [-0.2, 0) is 4.74 Å². The summed E-state index contributed by atoms with van der Waals surface area (Å²) < 4.78 is 5.68. The second-order valence-electron chi connectivity index (χ2n) is 9.49. The Bertz CT molecular complexity index is 1450. The van der Waals surface area contributed by atoms with Crippen molar-refractivity contribution in [2.75, 3.05) is 5.75 Å². The van der Waals surface area contributed by atoms with Gasteiger partial charge in [-0.1, -0.05) is 72.8 Å². The van der Waals surface area contributed by atoms with E-state index in [0.717, 1.165) is 20.4 Å². The number of hydrogen-bond donors (Lipinski definition) is 0. The highest BCUT2D eigenvalue weighted by Gasteiger charge is 2.34. The van der Waals surface area contributed by atoms with Crippen molar-refractivity contribution in [1.29, 1.82) is 0 Å². The Morgan fingerprint density at radius 2 is 1.32 bits per heavy atom. The molecule has 0 radical (unpaired) electrons. The Morgan fingerprint density at radius 3 is 1.88 bits per heavy atom. The van der Waals surface area contributed by atoms with E-state index in [-0.39, 0.29) is 17.5 Å². The molecule has 0 aliphatic rings. The summed E-state index contributed by atoms with van der Waals surface area (Å²) in [6.07, 6.45) is 0.767. The summed E-state index contributed by atoms with van der Waals surface area (Å²) in [5, 5.41) is 0.688. The van der Waals surface area contributed by atoms with Gasteiger partial charge in [-0.25, -0.2) is 0 Å². The van der Waals surface area contributed by atoms with Gasteiger partial charge in [0.1, 0.15) is 0 Å². The van der Waals surface area contributed by atoms with Gasteiger partial charge in [0.05, 0.1) is 12.8 Å². The van der Waals surface area contributed by atoms with E-state index in [1.54, 1.807) is 23.5 Å². The topological polar surface area (TPSA) is 64.8 Å². The van der Waals surface area contributed by atoms with E-state index in [9.17, 15) is 14.4 Å². The van der Waals surface area contributed by atoms with Gasteiger partial charge in [-0.05, 0) is 72.8 Å². The van der Waals surface area contributed by atoms with Crippen molar-refractivity contribution in [2.24, 2.45) is 5.92 Å². The van der Waals surface area contributed by atoms with Crippen LogP contribution in [0.5, 0.6) is 0 Å². The van der Waals surface area contributed by atoms with Crippen molar-refractivity contribution in [3.8, 4) is 0 Å². The van der Waals surface area contributed by atoms with Gasteiger partial charge >= 0.3 is 5.97 Å². The minimum atomic E-state index is -0.426. The number of halogens is 1. The number of hydrogen-bond acceptors (Lipinski definition) is 5. The van der Waals surface area contributed by atoms with E-state index < -0.39 is 12.0 Å². The fraction of sp³-hybridized carbons (Fsp3) is 0.206. The molecule has 0 aliphatic carbocycles. The van der Waals surface area contributed by atoms with Gasteiger partial charge in [-0.2, -0.15) is 0 Å². The molecule has 1 N–H and O–H groups in total. The molecule has 4 aromatic carbocycles. The lowest BCUT2D eigenvalue weighted by atomic mass is 9.89. The second kappa shape index (κ2) is 15.1. The largest absolute Gasteiger partial charge is 0.479 e. The minimum absolute atomic E-state index is 0.00451. The summed E-state index contributed by atoms with van der Waals surface area (Å²) in [4.78, 5) is 39.2. The summed E-state index contributed by atoms with van der Waals surface area (Å²) >= 11 is 9.23. The summed E-state index contributed by atoms with van der Waals surface area (Å²) in [6, 6.07) is 32.0. The van der Waals surface area contributed by atoms with Crippen molar-refractivity contribution >= 4 is 52.7 Å². The first kappa shape index (κ1) is 30.6. The summed E-state index contributed by atoms with van der Waals surface area (Å²) in [6.45, 7) is 3.45. The molecule has 0 amide bonds. The average molecular weight is 604 g/mol. The third-order valence-electron chi connectivity index (χ3n) is 6.55. The summed E-state index contributed by atoms with van der Waals surface area (Å²) in [7, 11) is 0. The molecule has 41 heavy (non-hydrogen) atoms. The predicted octanol–water partition coefficient (Wildman–Crippen LogP) is 9.02. The molecule has 0 aliphatic heterocycles. The molecule has 7 heteroatoms. The maximum atomic E-state index is 13.7. The van der Waals surface area contributed by atoms with Gasteiger partial charge in [-0.15, -0.1) is 11.8 Å². The predicted molar refractivity (Wildman–Crippen MR) is 169 cm³/mol. The van der Waals surface area contributed by atoms with Gasteiger partial charge in [0.2, 0.25) is 6.10 Å². The first-order valence-corrected chi connectivity index (χ1v) is 15.6. The summed E-state index contributed by atoms with van der Waals surface area (Å²) in [5.41, 5.74) is 1.92. The van der Waals surface area contributed by atoms with E-state index in [1.165, 1.54) is 6.92 Å². The van der Waals surface area contributed by atoms with Crippen LogP contribution in [0.4, 0.5) is 0 Å². The third kappa shape index (κ3) is 8.83. The van der Waals surface area contributed by atoms with Crippen LogP contribution >= 0.6 is 35.1 Å². The first-order chi connectivity index (χ1) is 19.8. The monoisotopic (exact) mass is 603 g/mol. The smallest absolute Gasteiger partial charge is 0.339 e. The molecule has 2 unspecified atom stereocenters. The Labute approximate surface area is 254 Å². The van der Waals surface area contributed by atoms with Gasteiger partial charge in [0.25, 0.3) is 0 Å². The Hall–Kier alpha value is -3.32. The molecule has 0 spiro atoms. The fourth-order valence-electron chi connectivity index (χ4n) is 4.46. The number of carbonyl (C=O) groups excluding carboxylic acids is 3. The standard InChI is InChI=1S/C34H31ClO4S2/c1-3-32(39-23(2)36)31(21-22-40-28-19-13-27(35)14-20-28)34(38)26-11-17-30(18-12-26)41-29-15-9-25(10-16-29)33(37)24-7-5-4-6-8-24/h4-20,31-32H,3,21-22H2,1-2H3/p+1. The van der Waals surface area contributed by atoms with Crippen LogP contribution < -0.4 is 0 Å². The van der Waals surface area contributed by atoms with Crippen LogP contribution in [0, 0.1) is 5.92 Å². The van der Waals surface area contributed by atoms with E-state index in [0.29, 0.717) is 34.6 Å². The van der Waals surface area contributed by atoms with Crippen molar-refractivity contribution in [3.05, 3.63) is 125 Å². The zero-order valence-corrected chi connectivity index (χ0v) is 25.3. The van der Waals surface area contributed by atoms with Gasteiger partial charge in [-0.3, -0.25) is 9.59 Å². The molecular formula is C34H32ClO4S2+. The zero-order valence-electron chi connectivity index (χ0n) is 23.0. The number of esters is 1. The lowest BCUT2D eigenvalue weighted by Gasteiger charge is -2.20. The van der Waals surface area contributed by atoms with E-state index in [4.69, 9.17) is 16.3 Å². The van der Waals surface area contributed by atoms with E-state index >= 15 is 0 Å². The van der Waals surface area contributed by atoms with Crippen LogP contribution in [-0.4, -0.2) is 34.2 Å². The average Bonchev–Trinajstić information content (AvgIpc) is 3.00. The molecule has 0 bridgehead atoms. The molecule has 4 nitrogen and oxygen atoms in total. The maximum absolute atomic E-state index is 13.7. The lowest BCUT2D eigenvalue weighted by Crippen LogP contribution is -2.32. The Balaban J connectivity index is 1.42. The summed E-state index contributed by atoms with van der Waals surface area (Å²) in [5.74, 6) is 0.168. The van der Waals surface area contributed by atoms with Crippen LogP contribution in [0.3, 0.4) is 0 Å². The molecule has 210 valence electrons. The Morgan fingerprint density at radius 1 is 0.780 bits per heavy atom. The quantitative estimate of drug-likeness (QED) is 0.0660. The van der Waals surface area contributed by atoms with Crippen LogP contribution in [0.1, 0.15) is 53.0 Å². The highest BCUT2D eigenvalue weighted by Crippen LogP contribution is 2.31. The second-order valence-corrected chi connectivity index (χ2v) is 12.2. The highest BCUT2D eigenvalue weighted by atomic mass is 35.5. The number of carbonyl (C=O) groups is 2. The molecule has 0 heterocycles. The maximum Gasteiger partial charge on any atom is 0.479 e. The number of ether oxygens (including phenoxy) is 1. The highest BCUT2D eigenvalue weighted by molar-refractivity contribution is 7.99. The molecule has 0 saturated carbocycles. The normalized spacial score (nSPS) is 12.4. The van der Waals surface area contributed by atoms with Crippen molar-refractivity contribution in [3.63, 3.8) is 0 Å². The first-order valence-electron chi connectivity index (χ1n) is 13.4. The van der Waals surface area contributed by atoms with Gasteiger partial charge in [0, 0.05) is 42.8 Å². The van der Waals surface area contributed by atoms with Crippen molar-refractivity contribution in [2.45, 2.75) is 47.5 Å². The molecule has 0 saturated heterocycles. The van der Waals surface area contributed by atoms with E-state index in [2.05, 4.69) is 0 Å². The number of rotatable bonds is 13. The SMILES string of the molecule is CCC(OC(C)=[OH+])C(CCSc1ccc(Cl)cc1)C(=O)c1ccc(Sc2ccc(C(=O)c3ccccc3)cc2)cc1. The third-order valence-corrected chi connectivity index (χ3v) is 8.86. The number of benzene rings is 4. The van der Waals surface area contributed by atoms with Gasteiger partial charge < -0.3 is 9.53 Å². The lowest BCUT2D eigenvalue weighted by molar-refractivity contribution is 0.0666. The number of ketones is 2. The fourth-order valence-corrected chi connectivity index (χ4v) is 6.34. The number of Topliss-reactive ketones (excluding diaryl/α,β-unsaturated/α-hetero) is 1. The molecular weight excluding hydrogens is 572 g/mol. The van der Waals surface area contributed by atoms with Crippen molar-refractivity contribution in [1.82, 2.24) is 0 Å². The Kier molecular flexibility index (Phi) is 11.3. The van der Waals surface area contributed by atoms with E-state index in [1.807, 2.05) is 110 Å². The van der Waals surface area contributed by atoms with Crippen LogP contribution in [0.2, 0.25) is 5.02 Å². The molecule has 4 aromatic rings. The van der Waals surface area contributed by atoms with Gasteiger partial charge in [0.15, 0.2) is 11.6 Å². The van der Waals surface area contributed by atoms with Crippen LogP contribution in [0.15, 0.2) is 118 Å². The molecule has 4 rings (SSSR count). The number of thioether (sulfide) groups is 1. The molecule has 2 atom stereocenters.